The molecule has 1 amide bonds. The highest BCUT2D eigenvalue weighted by Crippen LogP contribution is 2.31. The second-order valence-corrected chi connectivity index (χ2v) is 6.03. The normalized spacial score (nSPS) is 17.6. The lowest BCUT2D eigenvalue weighted by atomic mass is 9.97. The van der Waals surface area contributed by atoms with Gasteiger partial charge in [-0.1, -0.05) is 30.3 Å². The molecule has 0 bridgehead atoms. The molecule has 1 unspecified atom stereocenters. The van der Waals surface area contributed by atoms with Crippen LogP contribution in [0.2, 0.25) is 0 Å². The third-order valence-electron chi connectivity index (χ3n) is 4.40. The van der Waals surface area contributed by atoms with Gasteiger partial charge in [-0.25, -0.2) is 5.06 Å². The molecule has 0 spiro atoms. The molecule has 4 rings (SSSR count). The number of benzene rings is 2. The average Bonchev–Trinajstić information content (AvgIpc) is 3.22. The molecule has 0 aliphatic carbocycles. The second kappa shape index (κ2) is 5.78. The smallest absolute Gasteiger partial charge is 0.278 e. The van der Waals surface area contributed by atoms with Gasteiger partial charge >= 0.3 is 0 Å². The third-order valence-corrected chi connectivity index (χ3v) is 4.40. The number of nitrogens with zero attached hydrogens (tertiary/aromatic N) is 2. The summed E-state index contributed by atoms with van der Waals surface area (Å²) in [6, 6.07) is 15.7. The molecule has 24 heavy (non-hydrogen) atoms. The lowest BCUT2D eigenvalue weighted by Gasteiger charge is -2.17. The zero-order valence-electron chi connectivity index (χ0n) is 13.3. The van der Waals surface area contributed by atoms with E-state index in [2.05, 4.69) is 10.6 Å². The first-order valence-electron chi connectivity index (χ1n) is 7.91. The van der Waals surface area contributed by atoms with E-state index in [0.29, 0.717) is 5.56 Å². The molecule has 0 saturated carbocycles. The minimum Gasteiger partial charge on any atom is -0.389 e. The largest absolute Gasteiger partial charge is 0.389 e. The van der Waals surface area contributed by atoms with Crippen molar-refractivity contribution < 1.29 is 14.7 Å². The highest BCUT2D eigenvalue weighted by molar-refractivity contribution is 6.10. The number of hydroxylamine groups is 2. The number of hydrogen-bond acceptors (Lipinski definition) is 3. The van der Waals surface area contributed by atoms with Crippen LogP contribution in [-0.2, 0) is 11.9 Å². The zero-order valence-corrected chi connectivity index (χ0v) is 13.3. The summed E-state index contributed by atoms with van der Waals surface area (Å²) < 4.78 is 2.06. The number of rotatable bonds is 2. The second-order valence-electron chi connectivity index (χ2n) is 6.03. The number of carbonyl (C=O) groups is 1. The number of amides is 1. The van der Waals surface area contributed by atoms with Crippen LogP contribution in [0.25, 0.3) is 22.0 Å². The molecule has 2 aromatic carbocycles. The molecule has 1 aliphatic heterocycles. The Morgan fingerprint density at radius 1 is 1.12 bits per heavy atom. The fraction of sp³-hybridized carbons (Fsp3) is 0.211. The van der Waals surface area contributed by atoms with Crippen molar-refractivity contribution in [2.24, 2.45) is 7.05 Å². The van der Waals surface area contributed by atoms with Crippen molar-refractivity contribution in [3.63, 3.8) is 0 Å². The average molecular weight is 322 g/mol. The maximum Gasteiger partial charge on any atom is 0.278 e. The van der Waals surface area contributed by atoms with Gasteiger partial charge in [0.2, 0.25) is 0 Å². The van der Waals surface area contributed by atoms with Crippen molar-refractivity contribution in [3.8, 4) is 11.3 Å². The van der Waals surface area contributed by atoms with Gasteiger partial charge in [0.1, 0.15) is 12.7 Å². The standard InChI is InChI=1S/C19H18N2O3/c1-20-10-4-7-18(20)16-8-9-17(15-6-3-2-5-14(15)16)19(23)21-11-13(22)12-24-21/h2-10,13,22H,11-12H2,1H3. The minimum absolute atomic E-state index is 0.158. The van der Waals surface area contributed by atoms with Crippen LogP contribution < -0.4 is 0 Å². The SMILES string of the molecule is Cn1cccc1-c1ccc(C(=O)N2CC(O)CO2)c2ccccc12. The van der Waals surface area contributed by atoms with Crippen LogP contribution in [0.4, 0.5) is 0 Å². The van der Waals surface area contributed by atoms with Crippen LogP contribution in [0.5, 0.6) is 0 Å². The number of aromatic nitrogens is 1. The third kappa shape index (κ3) is 2.38. The van der Waals surface area contributed by atoms with E-state index in [4.69, 9.17) is 4.84 Å². The van der Waals surface area contributed by atoms with E-state index in [9.17, 15) is 9.90 Å². The zero-order chi connectivity index (χ0) is 16.7. The summed E-state index contributed by atoms with van der Waals surface area (Å²) in [5, 5.41) is 12.7. The van der Waals surface area contributed by atoms with Crippen LogP contribution in [0.3, 0.4) is 0 Å². The topological polar surface area (TPSA) is 54.7 Å². The van der Waals surface area contributed by atoms with Gasteiger partial charge in [0.25, 0.3) is 5.91 Å². The first-order valence-corrected chi connectivity index (χ1v) is 7.91. The van der Waals surface area contributed by atoms with E-state index in [1.807, 2.05) is 55.7 Å². The van der Waals surface area contributed by atoms with Crippen molar-refractivity contribution in [2.75, 3.05) is 13.2 Å². The molecule has 1 atom stereocenters. The molecule has 1 aliphatic rings. The molecule has 1 aromatic heterocycles. The summed E-state index contributed by atoms with van der Waals surface area (Å²) in [4.78, 5) is 18.0. The van der Waals surface area contributed by atoms with Crippen molar-refractivity contribution in [3.05, 3.63) is 60.3 Å². The van der Waals surface area contributed by atoms with Crippen LogP contribution in [0, 0.1) is 0 Å². The van der Waals surface area contributed by atoms with Crippen LogP contribution in [-0.4, -0.2) is 39.9 Å². The predicted octanol–water partition coefficient (Wildman–Crippen LogP) is 2.59. The number of aliphatic hydroxyl groups is 1. The summed E-state index contributed by atoms with van der Waals surface area (Å²) >= 11 is 0. The summed E-state index contributed by atoms with van der Waals surface area (Å²) in [6.45, 7) is 0.359. The molecule has 2 heterocycles. The summed E-state index contributed by atoms with van der Waals surface area (Å²) in [7, 11) is 2.00. The number of aliphatic hydroxyl groups excluding tert-OH is 1. The van der Waals surface area contributed by atoms with Crippen LogP contribution >= 0.6 is 0 Å². The Bertz CT molecular complexity index is 916. The van der Waals surface area contributed by atoms with Gasteiger partial charge in [-0.3, -0.25) is 9.63 Å². The molecule has 5 heteroatoms. The molecule has 3 aromatic rings. The fourth-order valence-corrected chi connectivity index (χ4v) is 3.20. The van der Waals surface area contributed by atoms with E-state index in [1.54, 1.807) is 0 Å². The minimum atomic E-state index is -0.622. The Balaban J connectivity index is 1.85. The van der Waals surface area contributed by atoms with E-state index in [-0.39, 0.29) is 19.1 Å². The maximum atomic E-state index is 12.8. The van der Waals surface area contributed by atoms with Gasteiger partial charge in [-0.05, 0) is 29.0 Å². The van der Waals surface area contributed by atoms with E-state index in [0.717, 1.165) is 22.0 Å². The molecule has 5 nitrogen and oxygen atoms in total. The Hall–Kier alpha value is -2.63. The van der Waals surface area contributed by atoms with Crippen molar-refractivity contribution in [1.82, 2.24) is 9.63 Å². The van der Waals surface area contributed by atoms with Crippen molar-refractivity contribution in [2.45, 2.75) is 6.10 Å². The van der Waals surface area contributed by atoms with Gasteiger partial charge < -0.3 is 9.67 Å². The number of hydrogen-bond donors (Lipinski definition) is 1. The fourth-order valence-electron chi connectivity index (χ4n) is 3.20. The van der Waals surface area contributed by atoms with E-state index in [1.165, 1.54) is 5.06 Å². The Labute approximate surface area is 139 Å². The highest BCUT2D eigenvalue weighted by Gasteiger charge is 2.28. The number of β-amino-alcohol motifs (C(OH)–C–C–N with tert-alkyl or cyclic N) is 1. The van der Waals surface area contributed by atoms with Gasteiger partial charge in [0.15, 0.2) is 0 Å². The molecule has 1 N–H and O–H groups in total. The monoisotopic (exact) mass is 322 g/mol. The van der Waals surface area contributed by atoms with Gasteiger partial charge in [-0.2, -0.15) is 0 Å². The Morgan fingerprint density at radius 3 is 2.58 bits per heavy atom. The lowest BCUT2D eigenvalue weighted by molar-refractivity contribution is -0.0778. The van der Waals surface area contributed by atoms with Crippen molar-refractivity contribution >= 4 is 16.7 Å². The van der Waals surface area contributed by atoms with E-state index >= 15 is 0 Å². The van der Waals surface area contributed by atoms with Gasteiger partial charge in [0, 0.05) is 30.1 Å². The van der Waals surface area contributed by atoms with Gasteiger partial charge in [-0.15, -0.1) is 0 Å². The molecule has 122 valence electrons. The summed E-state index contributed by atoms with van der Waals surface area (Å²) in [5.41, 5.74) is 2.76. The van der Waals surface area contributed by atoms with E-state index < -0.39 is 6.10 Å². The summed E-state index contributed by atoms with van der Waals surface area (Å²) in [5.74, 6) is -0.221. The van der Waals surface area contributed by atoms with Crippen molar-refractivity contribution in [1.29, 1.82) is 0 Å². The molecule has 1 saturated heterocycles. The quantitative estimate of drug-likeness (QED) is 0.789. The van der Waals surface area contributed by atoms with Gasteiger partial charge in [0.05, 0.1) is 6.54 Å². The van der Waals surface area contributed by atoms with Crippen LogP contribution in [0.1, 0.15) is 10.4 Å². The first kappa shape index (κ1) is 14.9. The number of carbonyl (C=O) groups excluding carboxylic acids is 1. The first-order chi connectivity index (χ1) is 11.6. The van der Waals surface area contributed by atoms with Crippen LogP contribution in [0.15, 0.2) is 54.7 Å². The summed E-state index contributed by atoms with van der Waals surface area (Å²) in [6.07, 6.45) is 1.38. The molecular weight excluding hydrogens is 304 g/mol. The lowest BCUT2D eigenvalue weighted by Crippen LogP contribution is -2.28. The maximum absolute atomic E-state index is 12.8. The number of aryl methyl sites for hydroxylation is 1. The number of fused-ring (bicyclic) bond motifs is 1. The highest BCUT2D eigenvalue weighted by atomic mass is 16.7. The Morgan fingerprint density at radius 2 is 1.92 bits per heavy atom. The predicted molar refractivity (Wildman–Crippen MR) is 91.4 cm³/mol. The Kier molecular flexibility index (Phi) is 3.59. The molecular formula is C19H18N2O3. The molecule has 0 radical (unpaired) electrons. The molecule has 1 fully saturated rings.